The Balaban J connectivity index is 1.22. The molecule has 8 nitrogen and oxygen atoms in total. The molecule has 4 aromatic rings. The Labute approximate surface area is 289 Å². The van der Waals surface area contributed by atoms with Crippen molar-refractivity contribution >= 4 is 43.1 Å². The zero-order chi connectivity index (χ0) is 34.4. The largest absolute Gasteiger partial charge is 0.371 e. The van der Waals surface area contributed by atoms with Gasteiger partial charge < -0.3 is 4.90 Å². The molecule has 0 amide bonds. The highest BCUT2D eigenvalue weighted by molar-refractivity contribution is 7.99. The average molecular weight is 706 g/mol. The lowest BCUT2D eigenvalue weighted by molar-refractivity contribution is 0.102. The van der Waals surface area contributed by atoms with Crippen LogP contribution >= 0.6 is 11.8 Å². The summed E-state index contributed by atoms with van der Waals surface area (Å²) in [5.41, 5.74) is 3.62. The number of nitrogens with two attached hydrogens (primary N) is 1. The number of carbonyl (C=O) groups is 1. The highest BCUT2D eigenvalue weighted by atomic mass is 32.2. The maximum Gasteiger partial charge on any atom is 0.238 e. The van der Waals surface area contributed by atoms with Crippen molar-refractivity contribution in [3.8, 4) is 0 Å². The van der Waals surface area contributed by atoms with Gasteiger partial charge in [0.15, 0.2) is 15.6 Å². The molecule has 0 bridgehead atoms. The van der Waals surface area contributed by atoms with E-state index in [4.69, 9.17) is 5.14 Å². The Morgan fingerprint density at radius 1 is 0.771 bits per heavy atom. The van der Waals surface area contributed by atoms with Crippen molar-refractivity contribution in [3.63, 3.8) is 0 Å². The fraction of sp³-hybridized carbons (Fsp3) is 0.324. The highest BCUT2D eigenvalue weighted by Gasteiger charge is 2.26. The molecule has 0 unspecified atom stereocenters. The van der Waals surface area contributed by atoms with Gasteiger partial charge in [0, 0.05) is 54.6 Å². The van der Waals surface area contributed by atoms with Crippen LogP contribution in [-0.2, 0) is 33.0 Å². The van der Waals surface area contributed by atoms with Gasteiger partial charge in [0.05, 0.1) is 9.79 Å². The van der Waals surface area contributed by atoms with Crippen LogP contribution in [0.5, 0.6) is 0 Å². The number of Topliss-reactive ketones (excluding diaryl/α,β-unsaturated/α-hetero) is 1. The van der Waals surface area contributed by atoms with Gasteiger partial charge in [-0.1, -0.05) is 56.3 Å². The van der Waals surface area contributed by atoms with E-state index in [9.17, 15) is 21.6 Å². The van der Waals surface area contributed by atoms with Gasteiger partial charge in [-0.15, -0.1) is 11.8 Å². The number of anilines is 1. The lowest BCUT2D eigenvalue weighted by atomic mass is 9.82. The number of piperidine rings is 1. The van der Waals surface area contributed by atoms with E-state index >= 15 is 0 Å². The lowest BCUT2D eigenvalue weighted by Gasteiger charge is -2.38. The van der Waals surface area contributed by atoms with E-state index in [1.807, 2.05) is 30.3 Å². The average Bonchev–Trinajstić information content (AvgIpc) is 3.05. The zero-order valence-corrected chi connectivity index (χ0v) is 29.9. The minimum Gasteiger partial charge on any atom is -0.371 e. The molecule has 2 N–H and O–H groups in total. The van der Waals surface area contributed by atoms with Crippen LogP contribution in [0.15, 0.2) is 118 Å². The molecule has 5 rings (SSSR count). The van der Waals surface area contributed by atoms with E-state index in [1.54, 1.807) is 60.3 Å². The molecule has 254 valence electrons. The molecular weight excluding hydrogens is 663 g/mol. The number of benzene rings is 4. The van der Waals surface area contributed by atoms with Gasteiger partial charge in [-0.2, -0.15) is 0 Å². The van der Waals surface area contributed by atoms with Gasteiger partial charge in [0.1, 0.15) is 5.75 Å². The van der Waals surface area contributed by atoms with Crippen LogP contribution < -0.4 is 10.0 Å². The van der Waals surface area contributed by atoms with Crippen LogP contribution in [0.3, 0.4) is 0 Å². The summed E-state index contributed by atoms with van der Waals surface area (Å²) >= 11 is 1.74. The number of thioether (sulfide) groups is 1. The number of hydrogen-bond donors (Lipinski definition) is 1. The Hall–Kier alpha value is -3.48. The summed E-state index contributed by atoms with van der Waals surface area (Å²) in [5, 5.41) is 5.26. The van der Waals surface area contributed by atoms with Crippen LogP contribution in [0.4, 0.5) is 5.69 Å². The van der Waals surface area contributed by atoms with E-state index in [-0.39, 0.29) is 9.79 Å². The van der Waals surface area contributed by atoms with Gasteiger partial charge in [0.2, 0.25) is 10.0 Å². The molecule has 1 saturated heterocycles. The summed E-state index contributed by atoms with van der Waals surface area (Å²) in [4.78, 5) is 18.9. The fourth-order valence-corrected chi connectivity index (χ4v) is 8.37. The highest BCUT2D eigenvalue weighted by Crippen LogP contribution is 2.32. The number of sulfonamides is 1. The summed E-state index contributed by atoms with van der Waals surface area (Å²) < 4.78 is 49.9. The third-order valence-electron chi connectivity index (χ3n) is 8.76. The third-order valence-corrected chi connectivity index (χ3v) is 12.3. The number of ketones is 1. The van der Waals surface area contributed by atoms with Crippen LogP contribution in [0, 0.1) is 5.41 Å². The number of primary sulfonamides is 1. The second-order valence-electron chi connectivity index (χ2n) is 13.1. The fourth-order valence-electron chi connectivity index (χ4n) is 5.69. The van der Waals surface area contributed by atoms with Crippen LogP contribution in [-0.4, -0.2) is 58.7 Å². The van der Waals surface area contributed by atoms with E-state index < -0.39 is 31.4 Å². The lowest BCUT2D eigenvalue weighted by Crippen LogP contribution is -2.37. The van der Waals surface area contributed by atoms with Crippen LogP contribution in [0.1, 0.15) is 48.2 Å². The predicted molar refractivity (Wildman–Crippen MR) is 194 cm³/mol. The molecule has 0 atom stereocenters. The topological polar surface area (TPSA) is 118 Å². The Bertz CT molecular complexity index is 1890. The maximum atomic E-state index is 13.2. The number of rotatable bonds is 14. The molecule has 11 heteroatoms. The molecule has 0 saturated carbocycles. The smallest absolute Gasteiger partial charge is 0.238 e. The summed E-state index contributed by atoms with van der Waals surface area (Å²) in [6.45, 7) is 8.33. The van der Waals surface area contributed by atoms with Crippen molar-refractivity contribution in [1.82, 2.24) is 4.90 Å². The Kier molecular flexibility index (Phi) is 11.5. The molecule has 0 spiro atoms. The van der Waals surface area contributed by atoms with Crippen molar-refractivity contribution in [2.24, 2.45) is 10.6 Å². The molecule has 4 aromatic carbocycles. The molecule has 1 heterocycles. The van der Waals surface area contributed by atoms with Crippen molar-refractivity contribution in [2.75, 3.05) is 36.0 Å². The molecule has 1 aliphatic heterocycles. The maximum absolute atomic E-state index is 13.2. The van der Waals surface area contributed by atoms with Crippen molar-refractivity contribution in [1.29, 1.82) is 0 Å². The summed E-state index contributed by atoms with van der Waals surface area (Å²) in [6, 6.07) is 30.6. The first-order valence-electron chi connectivity index (χ1n) is 16.0. The quantitative estimate of drug-likeness (QED) is 0.118. The molecule has 48 heavy (non-hydrogen) atoms. The number of carbonyl (C=O) groups excluding carboxylic acids is 1. The van der Waals surface area contributed by atoms with Crippen LogP contribution in [0.25, 0.3) is 0 Å². The van der Waals surface area contributed by atoms with Gasteiger partial charge in [-0.3, -0.25) is 9.69 Å². The molecular formula is C37H43N3O5S3. The van der Waals surface area contributed by atoms with Gasteiger partial charge in [-0.25, -0.2) is 22.0 Å². The second-order valence-corrected chi connectivity index (χ2v) is 17.8. The minimum atomic E-state index is -3.84. The molecule has 1 aliphatic rings. The first-order chi connectivity index (χ1) is 22.8. The molecule has 0 radical (unpaired) electrons. The monoisotopic (exact) mass is 705 g/mol. The third kappa shape index (κ3) is 10.0. The summed E-state index contributed by atoms with van der Waals surface area (Å²) in [6.07, 6.45) is 2.21. The van der Waals surface area contributed by atoms with Gasteiger partial charge in [-0.05, 0) is 90.0 Å². The van der Waals surface area contributed by atoms with E-state index in [0.29, 0.717) is 24.1 Å². The van der Waals surface area contributed by atoms with Crippen molar-refractivity contribution in [2.45, 2.75) is 54.5 Å². The van der Waals surface area contributed by atoms with Crippen LogP contribution in [0.2, 0.25) is 0 Å². The normalized spacial score (nSPS) is 15.0. The predicted octanol–water partition coefficient (Wildman–Crippen LogP) is 6.41. The van der Waals surface area contributed by atoms with Gasteiger partial charge >= 0.3 is 0 Å². The van der Waals surface area contributed by atoms with E-state index in [0.717, 1.165) is 55.0 Å². The molecule has 0 aromatic heterocycles. The summed E-state index contributed by atoms with van der Waals surface area (Å²) in [5.74, 6) is -0.202. The van der Waals surface area contributed by atoms with Crippen molar-refractivity contribution < 1.29 is 21.6 Å². The standard InChI is InChI=1S/C37H43N3O5S3/c1-37(2)20-22-40(23-21-37)32-14-12-31(13-15-32)36(41)28-47(42,43)34-16-8-29(9-17-34)26-39(24-25-46-33-6-4-3-5-7-33)27-30-10-18-35(19-11-30)48(38,44)45/h3-19H,20-28H2,1-2H3,(H2,38,44,45). The van der Waals surface area contributed by atoms with Gasteiger partial charge in [0.25, 0.3) is 0 Å². The second kappa shape index (κ2) is 15.4. The number of nitrogens with zero attached hydrogens (tertiary/aromatic N) is 2. The first kappa shape index (κ1) is 35.8. The molecule has 0 aliphatic carbocycles. The first-order valence-corrected chi connectivity index (χ1v) is 20.2. The number of sulfone groups is 1. The number of hydrogen-bond acceptors (Lipinski definition) is 8. The van der Waals surface area contributed by atoms with Crippen molar-refractivity contribution in [3.05, 3.63) is 120 Å². The van der Waals surface area contributed by atoms with E-state index in [2.05, 4.69) is 35.8 Å². The Morgan fingerprint density at radius 2 is 1.31 bits per heavy atom. The zero-order valence-electron chi connectivity index (χ0n) is 27.4. The Morgan fingerprint density at radius 3 is 1.85 bits per heavy atom. The minimum absolute atomic E-state index is 0.0615. The summed E-state index contributed by atoms with van der Waals surface area (Å²) in [7, 11) is -7.62. The van der Waals surface area contributed by atoms with E-state index in [1.165, 1.54) is 17.0 Å². The SMILES string of the molecule is CC1(C)CCN(c2ccc(C(=O)CS(=O)(=O)c3ccc(CN(CCSc4ccccc4)Cc4ccc(S(N)(=O)=O)cc4)cc3)cc2)CC1. The molecule has 1 fully saturated rings.